The van der Waals surface area contributed by atoms with Crippen LogP contribution in [0.4, 0.5) is 5.82 Å². The van der Waals surface area contributed by atoms with Crippen molar-refractivity contribution in [2.75, 3.05) is 5.32 Å². The number of nitrogens with one attached hydrogen (secondary N) is 1. The van der Waals surface area contributed by atoms with Gasteiger partial charge in [0.25, 0.3) is 5.91 Å². The quantitative estimate of drug-likeness (QED) is 0.636. The predicted octanol–water partition coefficient (Wildman–Crippen LogP) is -0.275. The Kier molecular flexibility index (Phi) is 2.09. The van der Waals surface area contributed by atoms with Gasteiger partial charge in [-0.15, -0.1) is 0 Å². The van der Waals surface area contributed by atoms with Gasteiger partial charge >= 0.3 is 0 Å². The van der Waals surface area contributed by atoms with Crippen LogP contribution in [0, 0.1) is 0 Å². The number of anilines is 1. The molecule has 0 saturated heterocycles. The van der Waals surface area contributed by atoms with E-state index in [1.807, 2.05) is 11.5 Å². The van der Waals surface area contributed by atoms with Crippen LogP contribution in [-0.2, 0) is 0 Å². The van der Waals surface area contributed by atoms with Crippen molar-refractivity contribution >= 4 is 28.7 Å². The molecular weight excluding hydrogens is 240 g/mol. The lowest BCUT2D eigenvalue weighted by Crippen LogP contribution is -2.39. The standard InChI is InChI=1S/C9H12N6OS/c1-3-5-8(14-9(11)17-5)15-2-12-4(6(10)16)7(15)13-3/h2-3,5,8,13H,1H3,(H2,10,16)(H2,11,14). The molecular formula is C9H12N6OS. The molecule has 1 aromatic heterocycles. The van der Waals surface area contributed by atoms with Crippen molar-refractivity contribution in [3.05, 3.63) is 12.0 Å². The molecule has 8 heteroatoms. The number of thioether (sulfide) groups is 1. The first kappa shape index (κ1) is 10.5. The van der Waals surface area contributed by atoms with Crippen LogP contribution >= 0.6 is 11.8 Å². The van der Waals surface area contributed by atoms with Crippen LogP contribution in [0.5, 0.6) is 0 Å². The molecule has 0 radical (unpaired) electrons. The second kappa shape index (κ2) is 3.39. The highest BCUT2D eigenvalue weighted by molar-refractivity contribution is 8.14. The number of aliphatic imine (C=N–C) groups is 1. The minimum atomic E-state index is -0.542. The van der Waals surface area contributed by atoms with E-state index in [2.05, 4.69) is 15.3 Å². The summed E-state index contributed by atoms with van der Waals surface area (Å²) in [5, 5.41) is 4.02. The molecule has 0 spiro atoms. The summed E-state index contributed by atoms with van der Waals surface area (Å²) in [4.78, 5) is 19.6. The van der Waals surface area contributed by atoms with Gasteiger partial charge in [0, 0.05) is 6.04 Å². The molecule has 0 saturated carbocycles. The average molecular weight is 252 g/mol. The van der Waals surface area contributed by atoms with Crippen LogP contribution in [0.2, 0.25) is 0 Å². The van der Waals surface area contributed by atoms with Gasteiger partial charge in [0.05, 0.1) is 11.6 Å². The summed E-state index contributed by atoms with van der Waals surface area (Å²) in [6.07, 6.45) is 1.47. The molecule has 17 heavy (non-hydrogen) atoms. The molecule has 0 aliphatic carbocycles. The maximum Gasteiger partial charge on any atom is 0.271 e. The first-order chi connectivity index (χ1) is 8.08. The highest BCUT2D eigenvalue weighted by Gasteiger charge is 2.40. The van der Waals surface area contributed by atoms with Gasteiger partial charge < -0.3 is 16.8 Å². The van der Waals surface area contributed by atoms with E-state index in [4.69, 9.17) is 11.5 Å². The van der Waals surface area contributed by atoms with Crippen LogP contribution in [0.1, 0.15) is 23.6 Å². The molecule has 7 nitrogen and oxygen atoms in total. The first-order valence-corrected chi connectivity index (χ1v) is 6.09. The van der Waals surface area contributed by atoms with Gasteiger partial charge in [-0.05, 0) is 6.92 Å². The third-order valence-corrected chi connectivity index (χ3v) is 4.25. The van der Waals surface area contributed by atoms with Crippen molar-refractivity contribution in [2.45, 2.75) is 24.4 Å². The van der Waals surface area contributed by atoms with Crippen molar-refractivity contribution in [1.82, 2.24) is 9.55 Å². The smallest absolute Gasteiger partial charge is 0.271 e. The zero-order valence-corrected chi connectivity index (χ0v) is 9.94. The molecule has 2 aliphatic rings. The Labute approximate surface area is 102 Å². The number of nitrogens with two attached hydrogens (primary N) is 2. The zero-order valence-electron chi connectivity index (χ0n) is 9.12. The minimum absolute atomic E-state index is 0.105. The fourth-order valence-electron chi connectivity index (χ4n) is 2.20. The number of carbonyl (C=O) groups is 1. The second-order valence-corrected chi connectivity index (χ2v) is 5.31. The maximum atomic E-state index is 11.2. The Morgan fingerprint density at radius 3 is 3.12 bits per heavy atom. The van der Waals surface area contributed by atoms with Gasteiger partial charge in [0.2, 0.25) is 0 Å². The summed E-state index contributed by atoms with van der Waals surface area (Å²) >= 11 is 1.54. The molecule has 1 amide bonds. The lowest BCUT2D eigenvalue weighted by molar-refractivity contribution is 0.0996. The van der Waals surface area contributed by atoms with E-state index in [9.17, 15) is 4.79 Å². The first-order valence-electron chi connectivity index (χ1n) is 5.21. The Hall–Kier alpha value is -1.70. The summed E-state index contributed by atoms with van der Waals surface area (Å²) in [5.74, 6) is 0.0878. The van der Waals surface area contributed by atoms with Crippen LogP contribution in [-0.4, -0.2) is 31.9 Å². The summed E-state index contributed by atoms with van der Waals surface area (Å²) in [7, 11) is 0. The van der Waals surface area contributed by atoms with Crippen LogP contribution in [0.3, 0.4) is 0 Å². The van der Waals surface area contributed by atoms with Crippen molar-refractivity contribution < 1.29 is 4.79 Å². The predicted molar refractivity (Wildman–Crippen MR) is 65.9 cm³/mol. The lowest BCUT2D eigenvalue weighted by atomic mass is 10.1. The largest absolute Gasteiger partial charge is 0.378 e. The molecule has 2 aliphatic heterocycles. The number of rotatable bonds is 1. The summed E-state index contributed by atoms with van der Waals surface area (Å²) < 4.78 is 1.82. The van der Waals surface area contributed by atoms with Crippen LogP contribution in [0.25, 0.3) is 0 Å². The lowest BCUT2D eigenvalue weighted by Gasteiger charge is -2.32. The summed E-state index contributed by atoms with van der Waals surface area (Å²) in [6.45, 7) is 2.03. The average Bonchev–Trinajstić information content (AvgIpc) is 2.80. The van der Waals surface area contributed by atoms with Gasteiger partial charge in [-0.2, -0.15) is 0 Å². The van der Waals surface area contributed by atoms with Crippen molar-refractivity contribution in [1.29, 1.82) is 0 Å². The molecule has 90 valence electrons. The molecule has 3 heterocycles. The number of fused-ring (bicyclic) bond motifs is 3. The van der Waals surface area contributed by atoms with Gasteiger partial charge in [0.15, 0.2) is 10.9 Å². The van der Waals surface area contributed by atoms with Crippen molar-refractivity contribution in [3.8, 4) is 0 Å². The Balaban J connectivity index is 2.10. The molecule has 3 unspecified atom stereocenters. The Bertz CT molecular complexity index is 524. The molecule has 0 fully saturated rings. The molecule has 1 aromatic rings. The number of nitrogens with zero attached hydrogens (tertiary/aromatic N) is 3. The number of carbonyl (C=O) groups excluding carboxylic acids is 1. The highest BCUT2D eigenvalue weighted by atomic mass is 32.2. The number of primary amides is 1. The number of amides is 1. The van der Waals surface area contributed by atoms with Gasteiger partial charge in [-0.25, -0.2) is 9.98 Å². The van der Waals surface area contributed by atoms with Gasteiger partial charge in [-0.1, -0.05) is 11.8 Å². The topological polar surface area (TPSA) is 111 Å². The van der Waals surface area contributed by atoms with Crippen molar-refractivity contribution in [2.24, 2.45) is 16.5 Å². The van der Waals surface area contributed by atoms with Crippen LogP contribution < -0.4 is 16.8 Å². The zero-order chi connectivity index (χ0) is 12.2. The van der Waals surface area contributed by atoms with Crippen molar-refractivity contribution in [3.63, 3.8) is 0 Å². The number of hydrogen-bond acceptors (Lipinski definition) is 6. The third kappa shape index (κ3) is 1.40. The number of amidine groups is 1. The monoisotopic (exact) mass is 252 g/mol. The van der Waals surface area contributed by atoms with Gasteiger partial charge in [0.1, 0.15) is 12.0 Å². The Morgan fingerprint density at radius 1 is 1.65 bits per heavy atom. The fourth-order valence-corrected chi connectivity index (χ4v) is 3.23. The minimum Gasteiger partial charge on any atom is -0.378 e. The third-order valence-electron chi connectivity index (χ3n) is 2.98. The van der Waals surface area contributed by atoms with E-state index in [1.54, 1.807) is 6.33 Å². The fraction of sp³-hybridized carbons (Fsp3) is 0.444. The normalized spacial score (nSPS) is 30.2. The molecule has 0 aromatic carbocycles. The van der Waals surface area contributed by atoms with E-state index in [-0.39, 0.29) is 23.2 Å². The van der Waals surface area contributed by atoms with E-state index in [0.29, 0.717) is 11.0 Å². The van der Waals surface area contributed by atoms with Crippen LogP contribution in [0.15, 0.2) is 11.3 Å². The number of imidazole rings is 1. The highest BCUT2D eigenvalue weighted by Crippen LogP contribution is 2.41. The molecule has 5 N–H and O–H groups in total. The second-order valence-electron chi connectivity index (χ2n) is 4.11. The summed E-state index contributed by atoms with van der Waals surface area (Å²) in [5.41, 5.74) is 11.3. The van der Waals surface area contributed by atoms with E-state index >= 15 is 0 Å². The van der Waals surface area contributed by atoms with Gasteiger partial charge in [-0.3, -0.25) is 9.36 Å². The Morgan fingerprint density at radius 2 is 2.41 bits per heavy atom. The van der Waals surface area contributed by atoms with E-state index < -0.39 is 5.91 Å². The van der Waals surface area contributed by atoms with E-state index in [0.717, 1.165) is 0 Å². The SMILES string of the molecule is CC1Nc2c(C(N)=O)ncn2C2N=C(N)SC12. The maximum absolute atomic E-state index is 11.2. The molecule has 0 bridgehead atoms. The molecule has 3 rings (SSSR count). The summed E-state index contributed by atoms with van der Waals surface area (Å²) in [6, 6.07) is 0.150. The number of hydrogen-bond donors (Lipinski definition) is 3. The van der Waals surface area contributed by atoms with E-state index in [1.165, 1.54) is 11.8 Å². The number of aromatic nitrogens is 2. The molecule has 3 atom stereocenters.